The molecule has 0 unspecified atom stereocenters. The van der Waals surface area contributed by atoms with Crippen LogP contribution in [0.15, 0.2) is 0 Å². The Morgan fingerprint density at radius 1 is 0.353 bits per heavy atom. The third-order valence-corrected chi connectivity index (χ3v) is 3.46. The molecular formula is C16H37N. The maximum absolute atomic E-state index is 2.29. The highest BCUT2D eigenvalue weighted by molar-refractivity contribution is 4.48. The van der Waals surface area contributed by atoms with Crippen molar-refractivity contribution < 1.29 is 0 Å². The summed E-state index contributed by atoms with van der Waals surface area (Å²) in [4.78, 5) is 0. The number of hydrogen-bond donors (Lipinski definition) is 1. The summed E-state index contributed by atoms with van der Waals surface area (Å²) in [6.45, 7) is 4.58. The van der Waals surface area contributed by atoms with E-state index in [9.17, 15) is 0 Å². The molecule has 17 heavy (non-hydrogen) atoms. The Bertz CT molecular complexity index is 98.1. The summed E-state index contributed by atoms with van der Waals surface area (Å²) in [5.74, 6) is 0. The van der Waals surface area contributed by atoms with Gasteiger partial charge in [-0.1, -0.05) is 104 Å². The van der Waals surface area contributed by atoms with Crippen molar-refractivity contribution >= 4 is 0 Å². The van der Waals surface area contributed by atoms with Crippen LogP contribution in [0.2, 0.25) is 0 Å². The van der Waals surface area contributed by atoms with Crippen LogP contribution in [0.25, 0.3) is 0 Å². The Morgan fingerprint density at radius 3 is 0.706 bits per heavy atom. The van der Waals surface area contributed by atoms with E-state index >= 15 is 0 Å². The van der Waals surface area contributed by atoms with Gasteiger partial charge >= 0.3 is 0 Å². The number of rotatable bonds is 13. The molecule has 1 nitrogen and oxygen atoms in total. The minimum absolute atomic E-state index is 0. The van der Waals surface area contributed by atoms with Crippen molar-refractivity contribution in [2.75, 3.05) is 0 Å². The van der Waals surface area contributed by atoms with Crippen LogP contribution in [-0.2, 0) is 0 Å². The van der Waals surface area contributed by atoms with Gasteiger partial charge in [-0.15, -0.1) is 0 Å². The molecule has 0 bridgehead atoms. The van der Waals surface area contributed by atoms with Gasteiger partial charge in [0, 0.05) is 0 Å². The van der Waals surface area contributed by atoms with E-state index in [1.807, 2.05) is 0 Å². The highest BCUT2D eigenvalue weighted by atomic mass is 14.0. The van der Waals surface area contributed by atoms with Gasteiger partial charge < -0.3 is 6.15 Å². The summed E-state index contributed by atoms with van der Waals surface area (Å²) in [6, 6.07) is 0. The van der Waals surface area contributed by atoms with E-state index in [-0.39, 0.29) is 6.15 Å². The SMILES string of the molecule is CCCCCCCCCCCCCCCC.N. The molecule has 0 aliphatic rings. The van der Waals surface area contributed by atoms with Crippen molar-refractivity contribution in [3.05, 3.63) is 0 Å². The molecule has 3 N–H and O–H groups in total. The molecule has 0 amide bonds. The fourth-order valence-electron chi connectivity index (χ4n) is 2.27. The van der Waals surface area contributed by atoms with Crippen LogP contribution in [0.1, 0.15) is 104 Å². The normalized spacial score (nSPS) is 10.2. The van der Waals surface area contributed by atoms with Crippen molar-refractivity contribution in [3.63, 3.8) is 0 Å². The zero-order valence-corrected chi connectivity index (χ0v) is 12.6. The van der Waals surface area contributed by atoms with Gasteiger partial charge in [0.15, 0.2) is 0 Å². The lowest BCUT2D eigenvalue weighted by atomic mass is 10.0. The van der Waals surface area contributed by atoms with Crippen LogP contribution in [0.3, 0.4) is 0 Å². The molecule has 0 atom stereocenters. The van der Waals surface area contributed by atoms with Crippen molar-refractivity contribution in [1.82, 2.24) is 6.15 Å². The molecule has 0 aliphatic heterocycles. The first kappa shape index (κ1) is 19.3. The van der Waals surface area contributed by atoms with E-state index in [2.05, 4.69) is 13.8 Å². The fraction of sp³-hybridized carbons (Fsp3) is 1.00. The molecule has 0 radical (unpaired) electrons. The quantitative estimate of drug-likeness (QED) is 0.361. The molecule has 0 aromatic carbocycles. The van der Waals surface area contributed by atoms with Crippen LogP contribution in [0, 0.1) is 0 Å². The average molecular weight is 243 g/mol. The Kier molecular flexibility index (Phi) is 20.8. The van der Waals surface area contributed by atoms with Crippen molar-refractivity contribution in [1.29, 1.82) is 0 Å². The minimum Gasteiger partial charge on any atom is -0.344 e. The van der Waals surface area contributed by atoms with Crippen molar-refractivity contribution in [2.45, 2.75) is 104 Å². The fourth-order valence-corrected chi connectivity index (χ4v) is 2.27. The van der Waals surface area contributed by atoms with Crippen LogP contribution in [0.4, 0.5) is 0 Å². The second-order valence-corrected chi connectivity index (χ2v) is 5.24. The molecule has 0 fully saturated rings. The van der Waals surface area contributed by atoms with E-state index in [4.69, 9.17) is 0 Å². The molecule has 106 valence electrons. The molecular weight excluding hydrogens is 206 g/mol. The zero-order valence-electron chi connectivity index (χ0n) is 12.6. The molecule has 1 heteroatoms. The largest absolute Gasteiger partial charge is 0.344 e. The predicted octanol–water partition coefficient (Wildman–Crippen LogP) is 6.65. The lowest BCUT2D eigenvalue weighted by Crippen LogP contribution is -1.82. The first-order valence-corrected chi connectivity index (χ1v) is 7.91. The second-order valence-electron chi connectivity index (χ2n) is 5.24. The standard InChI is InChI=1S/C16H34.H3N/c1-3-5-7-9-11-13-15-16-14-12-10-8-6-4-2;/h3-16H2,1-2H3;1H3. The second kappa shape index (κ2) is 18.3. The van der Waals surface area contributed by atoms with Crippen LogP contribution in [-0.4, -0.2) is 0 Å². The number of unbranched alkanes of at least 4 members (excludes halogenated alkanes) is 13. The summed E-state index contributed by atoms with van der Waals surface area (Å²) in [5, 5.41) is 0. The lowest BCUT2D eigenvalue weighted by Gasteiger charge is -2.02. The molecule has 0 saturated carbocycles. The maximum Gasteiger partial charge on any atom is -0.0533 e. The minimum atomic E-state index is 0. The molecule has 0 heterocycles. The maximum atomic E-state index is 2.29. The summed E-state index contributed by atoms with van der Waals surface area (Å²) in [7, 11) is 0. The summed E-state index contributed by atoms with van der Waals surface area (Å²) >= 11 is 0. The van der Waals surface area contributed by atoms with E-state index in [0.29, 0.717) is 0 Å². The summed E-state index contributed by atoms with van der Waals surface area (Å²) in [5.41, 5.74) is 0. The summed E-state index contributed by atoms with van der Waals surface area (Å²) < 4.78 is 0. The topological polar surface area (TPSA) is 35.0 Å². The third-order valence-electron chi connectivity index (χ3n) is 3.46. The van der Waals surface area contributed by atoms with Crippen molar-refractivity contribution in [3.8, 4) is 0 Å². The molecule has 0 aromatic heterocycles. The predicted molar refractivity (Wildman–Crippen MR) is 81.0 cm³/mol. The van der Waals surface area contributed by atoms with E-state index in [1.54, 1.807) is 0 Å². The van der Waals surface area contributed by atoms with Gasteiger partial charge in [-0.05, 0) is 0 Å². The smallest absolute Gasteiger partial charge is 0.0533 e. The Morgan fingerprint density at radius 2 is 0.529 bits per heavy atom. The molecule has 0 rings (SSSR count). The Labute approximate surface area is 110 Å². The highest BCUT2D eigenvalue weighted by Crippen LogP contribution is 2.12. The van der Waals surface area contributed by atoms with E-state index in [1.165, 1.54) is 89.9 Å². The zero-order chi connectivity index (χ0) is 11.9. The Hall–Kier alpha value is -0.0400. The average Bonchev–Trinajstić information content (AvgIpc) is 2.31. The Balaban J connectivity index is 0. The van der Waals surface area contributed by atoms with Gasteiger partial charge in [0.25, 0.3) is 0 Å². The third kappa shape index (κ3) is 18.5. The molecule has 0 aliphatic carbocycles. The van der Waals surface area contributed by atoms with Gasteiger partial charge in [-0.25, -0.2) is 0 Å². The van der Waals surface area contributed by atoms with Gasteiger partial charge in [0.2, 0.25) is 0 Å². The van der Waals surface area contributed by atoms with Crippen molar-refractivity contribution in [2.24, 2.45) is 0 Å². The highest BCUT2D eigenvalue weighted by Gasteiger charge is 1.92. The molecule has 0 aromatic rings. The van der Waals surface area contributed by atoms with Gasteiger partial charge in [-0.2, -0.15) is 0 Å². The van der Waals surface area contributed by atoms with Crippen LogP contribution < -0.4 is 6.15 Å². The van der Waals surface area contributed by atoms with Gasteiger partial charge in [-0.3, -0.25) is 0 Å². The number of hydrogen-bond acceptors (Lipinski definition) is 1. The molecule has 0 spiro atoms. The molecule has 0 saturated heterocycles. The van der Waals surface area contributed by atoms with Gasteiger partial charge in [0.05, 0.1) is 0 Å². The lowest BCUT2D eigenvalue weighted by molar-refractivity contribution is 0.538. The van der Waals surface area contributed by atoms with Gasteiger partial charge in [0.1, 0.15) is 0 Å². The van der Waals surface area contributed by atoms with Crippen LogP contribution in [0.5, 0.6) is 0 Å². The summed E-state index contributed by atoms with van der Waals surface area (Å²) in [6.07, 6.45) is 20.4. The van der Waals surface area contributed by atoms with Crippen LogP contribution >= 0.6 is 0 Å². The van der Waals surface area contributed by atoms with E-state index in [0.717, 1.165) is 0 Å². The first-order chi connectivity index (χ1) is 7.91. The first-order valence-electron chi connectivity index (χ1n) is 7.91. The van der Waals surface area contributed by atoms with E-state index < -0.39 is 0 Å². The monoisotopic (exact) mass is 243 g/mol.